The third-order valence-electron chi connectivity index (χ3n) is 4.07. The van der Waals surface area contributed by atoms with Crippen LogP contribution in [0.2, 0.25) is 0 Å². The van der Waals surface area contributed by atoms with Crippen molar-refractivity contribution in [2.24, 2.45) is 0 Å². The molecule has 0 spiro atoms. The van der Waals surface area contributed by atoms with Gasteiger partial charge in [-0.25, -0.2) is 0 Å². The number of aromatic nitrogens is 1. The fourth-order valence-electron chi connectivity index (χ4n) is 2.82. The summed E-state index contributed by atoms with van der Waals surface area (Å²) in [7, 11) is 0. The molecular formula is C20H17N3O3. The molecule has 0 fully saturated rings. The number of fused-ring (bicyclic) bond motifs is 2. The maximum Gasteiger partial charge on any atom is 0.277 e. The van der Waals surface area contributed by atoms with E-state index in [1.54, 1.807) is 42.0 Å². The van der Waals surface area contributed by atoms with Gasteiger partial charge in [0.1, 0.15) is 0 Å². The highest BCUT2D eigenvalue weighted by Crippen LogP contribution is 2.29. The SMILES string of the molecule is CC(=O)n1ccc2ccccc21.Nc1ccc([N+](=O)[O-])c2ccccc12. The third kappa shape index (κ3) is 3.25. The molecule has 3 aromatic carbocycles. The Balaban J connectivity index is 0.000000152. The zero-order chi connectivity index (χ0) is 18.7. The Morgan fingerprint density at radius 3 is 2.31 bits per heavy atom. The topological polar surface area (TPSA) is 91.2 Å². The number of anilines is 1. The predicted octanol–water partition coefficient (Wildman–Crippen LogP) is 4.63. The first-order chi connectivity index (χ1) is 12.5. The van der Waals surface area contributed by atoms with E-state index in [0.29, 0.717) is 11.1 Å². The number of nitro benzene ring substituents is 1. The highest BCUT2D eigenvalue weighted by molar-refractivity contribution is 5.98. The van der Waals surface area contributed by atoms with E-state index in [4.69, 9.17) is 5.73 Å². The number of nitro groups is 1. The van der Waals surface area contributed by atoms with E-state index < -0.39 is 4.92 Å². The molecule has 26 heavy (non-hydrogen) atoms. The monoisotopic (exact) mass is 347 g/mol. The van der Waals surface area contributed by atoms with Crippen LogP contribution >= 0.6 is 0 Å². The van der Waals surface area contributed by atoms with Gasteiger partial charge in [0.05, 0.1) is 15.8 Å². The first-order valence-corrected chi connectivity index (χ1v) is 7.97. The first kappa shape index (κ1) is 17.2. The van der Waals surface area contributed by atoms with Crippen molar-refractivity contribution < 1.29 is 9.72 Å². The van der Waals surface area contributed by atoms with Crippen molar-refractivity contribution in [1.29, 1.82) is 0 Å². The van der Waals surface area contributed by atoms with E-state index in [2.05, 4.69) is 0 Å². The van der Waals surface area contributed by atoms with Gasteiger partial charge in [0.15, 0.2) is 0 Å². The van der Waals surface area contributed by atoms with Crippen molar-refractivity contribution in [1.82, 2.24) is 4.57 Å². The van der Waals surface area contributed by atoms with E-state index >= 15 is 0 Å². The molecule has 0 atom stereocenters. The number of carbonyl (C=O) groups excluding carboxylic acids is 1. The molecule has 0 saturated heterocycles. The van der Waals surface area contributed by atoms with Crippen LogP contribution in [0.15, 0.2) is 72.9 Å². The maximum absolute atomic E-state index is 11.1. The summed E-state index contributed by atoms with van der Waals surface area (Å²) in [4.78, 5) is 21.4. The largest absolute Gasteiger partial charge is 0.398 e. The number of para-hydroxylation sites is 1. The summed E-state index contributed by atoms with van der Waals surface area (Å²) in [5.74, 6) is 0.0520. The molecule has 0 radical (unpaired) electrons. The van der Waals surface area contributed by atoms with Crippen LogP contribution in [0, 0.1) is 10.1 Å². The number of hydrogen-bond donors (Lipinski definition) is 1. The van der Waals surface area contributed by atoms with E-state index in [0.717, 1.165) is 16.3 Å². The molecule has 130 valence electrons. The standard InChI is InChI=1S/C10H8N2O2.C10H9NO/c11-9-5-6-10(12(13)14)8-4-2-1-3-7(8)9;1-8(12)11-7-6-9-4-2-3-5-10(9)11/h1-6H,11H2;2-7H,1H3. The molecule has 6 heteroatoms. The average molecular weight is 347 g/mol. The second kappa shape index (κ2) is 7.06. The lowest BCUT2D eigenvalue weighted by Gasteiger charge is -2.01. The fraction of sp³-hybridized carbons (Fsp3) is 0.0500. The number of carbonyl (C=O) groups is 1. The smallest absolute Gasteiger partial charge is 0.277 e. The molecule has 1 heterocycles. The Hall–Kier alpha value is -3.67. The van der Waals surface area contributed by atoms with Gasteiger partial charge in [0, 0.05) is 35.6 Å². The third-order valence-corrected chi connectivity index (χ3v) is 4.07. The Labute approximate surface area is 149 Å². The molecule has 2 N–H and O–H groups in total. The van der Waals surface area contributed by atoms with Gasteiger partial charge < -0.3 is 5.73 Å². The molecule has 0 bridgehead atoms. The fourth-order valence-corrected chi connectivity index (χ4v) is 2.82. The Kier molecular flexibility index (Phi) is 4.66. The number of benzene rings is 3. The van der Waals surface area contributed by atoms with E-state index in [1.807, 2.05) is 36.4 Å². The first-order valence-electron chi connectivity index (χ1n) is 7.97. The summed E-state index contributed by atoms with van der Waals surface area (Å²) < 4.78 is 1.65. The molecule has 0 amide bonds. The number of hydrogen-bond acceptors (Lipinski definition) is 4. The average Bonchev–Trinajstić information content (AvgIpc) is 3.07. The maximum atomic E-state index is 11.1. The minimum absolute atomic E-state index is 0.0520. The highest BCUT2D eigenvalue weighted by atomic mass is 16.6. The van der Waals surface area contributed by atoms with Gasteiger partial charge in [-0.05, 0) is 24.3 Å². The summed E-state index contributed by atoms with van der Waals surface area (Å²) in [6.45, 7) is 1.56. The number of nitrogens with two attached hydrogens (primary N) is 1. The van der Waals surface area contributed by atoms with Gasteiger partial charge in [-0.1, -0.05) is 36.4 Å². The summed E-state index contributed by atoms with van der Waals surface area (Å²) in [6.07, 6.45) is 1.80. The van der Waals surface area contributed by atoms with Crippen LogP contribution in [0.25, 0.3) is 21.7 Å². The molecule has 6 nitrogen and oxygen atoms in total. The molecule has 0 aliphatic rings. The lowest BCUT2D eigenvalue weighted by atomic mass is 10.1. The van der Waals surface area contributed by atoms with Crippen molar-refractivity contribution in [3.05, 3.63) is 83.0 Å². The van der Waals surface area contributed by atoms with Gasteiger partial charge in [-0.15, -0.1) is 0 Å². The molecule has 1 aromatic heterocycles. The van der Waals surface area contributed by atoms with Gasteiger partial charge in [0.2, 0.25) is 5.91 Å². The van der Waals surface area contributed by atoms with Crippen molar-refractivity contribution >= 4 is 39.0 Å². The summed E-state index contributed by atoms with van der Waals surface area (Å²) in [5.41, 5.74) is 7.33. The number of nitrogen functional groups attached to an aromatic ring is 1. The summed E-state index contributed by atoms with van der Waals surface area (Å²) >= 11 is 0. The van der Waals surface area contributed by atoms with E-state index in [-0.39, 0.29) is 11.6 Å². The van der Waals surface area contributed by atoms with Crippen LogP contribution in [0.1, 0.15) is 11.7 Å². The van der Waals surface area contributed by atoms with Gasteiger partial charge >= 0.3 is 0 Å². The van der Waals surface area contributed by atoms with Gasteiger partial charge in [-0.2, -0.15) is 0 Å². The number of nitrogens with zero attached hydrogens (tertiary/aromatic N) is 2. The minimum atomic E-state index is -0.401. The van der Waals surface area contributed by atoms with Gasteiger partial charge in [-0.3, -0.25) is 19.5 Å². The minimum Gasteiger partial charge on any atom is -0.398 e. The Morgan fingerprint density at radius 2 is 1.62 bits per heavy atom. The van der Waals surface area contributed by atoms with Crippen LogP contribution < -0.4 is 5.73 Å². The molecule has 0 aliphatic heterocycles. The molecular weight excluding hydrogens is 330 g/mol. The van der Waals surface area contributed by atoms with Gasteiger partial charge in [0.25, 0.3) is 5.69 Å². The zero-order valence-electron chi connectivity index (χ0n) is 14.1. The molecule has 0 unspecified atom stereocenters. The molecule has 4 aromatic rings. The normalized spacial score (nSPS) is 10.3. The number of non-ortho nitro benzene ring substituents is 1. The van der Waals surface area contributed by atoms with Crippen LogP contribution in [0.5, 0.6) is 0 Å². The van der Waals surface area contributed by atoms with Crippen LogP contribution in [-0.4, -0.2) is 15.4 Å². The lowest BCUT2D eigenvalue weighted by Crippen LogP contribution is -2.02. The van der Waals surface area contributed by atoms with Crippen LogP contribution in [0.4, 0.5) is 11.4 Å². The second-order valence-corrected chi connectivity index (χ2v) is 5.74. The predicted molar refractivity (Wildman–Crippen MR) is 103 cm³/mol. The molecule has 0 aliphatic carbocycles. The quantitative estimate of drug-likeness (QED) is 0.309. The summed E-state index contributed by atoms with van der Waals surface area (Å²) in [5, 5.41) is 13.1. The molecule has 4 rings (SSSR count). The lowest BCUT2D eigenvalue weighted by molar-refractivity contribution is -0.383. The Bertz CT molecular complexity index is 1120. The molecule has 0 saturated carbocycles. The summed E-state index contributed by atoms with van der Waals surface area (Å²) in [6, 6.07) is 19.8. The van der Waals surface area contributed by atoms with Crippen molar-refractivity contribution in [2.75, 3.05) is 5.73 Å². The van der Waals surface area contributed by atoms with Crippen LogP contribution in [-0.2, 0) is 0 Å². The number of rotatable bonds is 1. The van der Waals surface area contributed by atoms with E-state index in [9.17, 15) is 14.9 Å². The van der Waals surface area contributed by atoms with Crippen molar-refractivity contribution in [3.63, 3.8) is 0 Å². The second-order valence-electron chi connectivity index (χ2n) is 5.74. The van der Waals surface area contributed by atoms with Crippen LogP contribution in [0.3, 0.4) is 0 Å². The van der Waals surface area contributed by atoms with Crippen molar-refractivity contribution in [3.8, 4) is 0 Å². The van der Waals surface area contributed by atoms with Crippen molar-refractivity contribution in [2.45, 2.75) is 6.92 Å². The highest BCUT2D eigenvalue weighted by Gasteiger charge is 2.11. The zero-order valence-corrected chi connectivity index (χ0v) is 14.1. The van der Waals surface area contributed by atoms with E-state index in [1.165, 1.54) is 6.07 Å². The Morgan fingerprint density at radius 1 is 0.962 bits per heavy atom.